The highest BCUT2D eigenvalue weighted by Crippen LogP contribution is 2.35. The molecular formula is C20H19Br2NO4. The standard InChI is InChI=1S/C20H19Br2NO4/c1-2-3-9-27-18-15(21)10-13(11-16(18)22)12-17(20(25)26)23-19(24)14-7-5-4-6-8-14/h4-8,10-12H,2-3,9H2,1H3,(H,23,24)(H,25,26). The first kappa shape index (κ1) is 21.2. The number of hydrogen-bond donors (Lipinski definition) is 2. The van der Waals surface area contributed by atoms with Crippen LogP contribution in [0.3, 0.4) is 0 Å². The van der Waals surface area contributed by atoms with Crippen molar-refractivity contribution < 1.29 is 19.4 Å². The minimum absolute atomic E-state index is 0.220. The summed E-state index contributed by atoms with van der Waals surface area (Å²) in [5.41, 5.74) is 0.761. The van der Waals surface area contributed by atoms with Crippen LogP contribution in [0, 0.1) is 0 Å². The molecule has 0 heterocycles. The van der Waals surface area contributed by atoms with E-state index < -0.39 is 11.9 Å². The van der Waals surface area contributed by atoms with Crippen molar-refractivity contribution in [2.75, 3.05) is 6.61 Å². The van der Waals surface area contributed by atoms with Crippen molar-refractivity contribution in [3.05, 3.63) is 68.2 Å². The van der Waals surface area contributed by atoms with Crippen LogP contribution >= 0.6 is 31.9 Å². The van der Waals surface area contributed by atoms with Crippen molar-refractivity contribution in [1.82, 2.24) is 5.32 Å². The molecule has 0 radical (unpaired) electrons. The maximum Gasteiger partial charge on any atom is 0.352 e. The molecule has 2 N–H and O–H groups in total. The average Bonchev–Trinajstić information content (AvgIpc) is 2.64. The zero-order valence-electron chi connectivity index (χ0n) is 14.7. The van der Waals surface area contributed by atoms with Crippen LogP contribution < -0.4 is 10.1 Å². The molecule has 2 rings (SSSR count). The molecule has 0 saturated heterocycles. The summed E-state index contributed by atoms with van der Waals surface area (Å²) in [5, 5.41) is 11.9. The van der Waals surface area contributed by atoms with Crippen molar-refractivity contribution in [3.8, 4) is 5.75 Å². The Morgan fingerprint density at radius 2 is 1.78 bits per heavy atom. The van der Waals surface area contributed by atoms with Crippen LogP contribution in [-0.2, 0) is 4.79 Å². The number of carboxylic acids is 1. The lowest BCUT2D eigenvalue weighted by atomic mass is 10.1. The molecule has 2 aromatic rings. The zero-order chi connectivity index (χ0) is 19.8. The number of hydrogen-bond acceptors (Lipinski definition) is 3. The molecule has 0 atom stereocenters. The van der Waals surface area contributed by atoms with Gasteiger partial charge in [-0.2, -0.15) is 0 Å². The molecule has 0 unspecified atom stereocenters. The van der Waals surface area contributed by atoms with E-state index in [4.69, 9.17) is 4.74 Å². The third-order valence-corrected chi connectivity index (χ3v) is 4.77. The highest BCUT2D eigenvalue weighted by molar-refractivity contribution is 9.11. The van der Waals surface area contributed by atoms with E-state index in [1.54, 1.807) is 42.5 Å². The summed E-state index contributed by atoms with van der Waals surface area (Å²) < 4.78 is 7.12. The van der Waals surface area contributed by atoms with Crippen molar-refractivity contribution in [1.29, 1.82) is 0 Å². The molecule has 2 aromatic carbocycles. The lowest BCUT2D eigenvalue weighted by Crippen LogP contribution is -2.27. The number of ether oxygens (including phenoxy) is 1. The fraction of sp³-hybridized carbons (Fsp3) is 0.200. The second kappa shape index (κ2) is 10.3. The molecule has 1 amide bonds. The summed E-state index contributed by atoms with van der Waals surface area (Å²) in [6.45, 7) is 2.68. The molecule has 0 aliphatic rings. The first-order chi connectivity index (χ1) is 12.9. The van der Waals surface area contributed by atoms with Gasteiger partial charge in [0.05, 0.1) is 15.6 Å². The van der Waals surface area contributed by atoms with Crippen LogP contribution in [0.5, 0.6) is 5.75 Å². The largest absolute Gasteiger partial charge is 0.491 e. The van der Waals surface area contributed by atoms with Gasteiger partial charge in [-0.05, 0) is 74.2 Å². The molecular weight excluding hydrogens is 478 g/mol. The Labute approximate surface area is 174 Å². The Bertz CT molecular complexity index is 827. The number of carbonyl (C=O) groups excluding carboxylic acids is 1. The minimum Gasteiger partial charge on any atom is -0.491 e. The van der Waals surface area contributed by atoms with Gasteiger partial charge < -0.3 is 15.2 Å². The Kier molecular flexibility index (Phi) is 8.06. The topological polar surface area (TPSA) is 75.6 Å². The second-order valence-corrected chi connectivity index (χ2v) is 7.41. The molecule has 0 saturated carbocycles. The molecule has 5 nitrogen and oxygen atoms in total. The van der Waals surface area contributed by atoms with Crippen LogP contribution in [-0.4, -0.2) is 23.6 Å². The van der Waals surface area contributed by atoms with Gasteiger partial charge in [-0.3, -0.25) is 4.79 Å². The molecule has 7 heteroatoms. The number of unbranched alkanes of at least 4 members (excludes halogenated alkanes) is 1. The maximum atomic E-state index is 12.2. The van der Waals surface area contributed by atoms with Crippen molar-refractivity contribution >= 4 is 49.8 Å². The highest BCUT2D eigenvalue weighted by atomic mass is 79.9. The number of amides is 1. The number of halogens is 2. The SMILES string of the molecule is CCCCOc1c(Br)cc(C=C(NC(=O)c2ccccc2)C(=O)O)cc1Br. The van der Waals surface area contributed by atoms with Gasteiger partial charge in [0, 0.05) is 5.56 Å². The smallest absolute Gasteiger partial charge is 0.352 e. The molecule has 0 fully saturated rings. The van der Waals surface area contributed by atoms with Crippen LogP contribution in [0.2, 0.25) is 0 Å². The van der Waals surface area contributed by atoms with E-state index in [0.29, 0.717) is 32.4 Å². The van der Waals surface area contributed by atoms with Gasteiger partial charge in [-0.1, -0.05) is 31.5 Å². The van der Waals surface area contributed by atoms with E-state index in [2.05, 4.69) is 44.1 Å². The fourth-order valence-corrected chi connectivity index (χ4v) is 3.67. The van der Waals surface area contributed by atoms with E-state index >= 15 is 0 Å². The van der Waals surface area contributed by atoms with Crippen LogP contribution in [0.1, 0.15) is 35.7 Å². The fourth-order valence-electron chi connectivity index (χ4n) is 2.22. The van der Waals surface area contributed by atoms with Crippen LogP contribution in [0.4, 0.5) is 0 Å². The molecule has 0 bridgehead atoms. The van der Waals surface area contributed by atoms with E-state index in [1.807, 2.05) is 0 Å². The first-order valence-corrected chi connectivity index (χ1v) is 9.94. The third kappa shape index (κ3) is 6.22. The predicted octanol–water partition coefficient (Wildman–Crippen LogP) is 5.25. The zero-order valence-corrected chi connectivity index (χ0v) is 17.8. The number of carboxylic acid groups (broad SMARTS) is 1. The first-order valence-electron chi connectivity index (χ1n) is 8.35. The van der Waals surface area contributed by atoms with Gasteiger partial charge in [0.1, 0.15) is 11.4 Å². The van der Waals surface area contributed by atoms with Gasteiger partial charge >= 0.3 is 5.97 Å². The van der Waals surface area contributed by atoms with Gasteiger partial charge in [0.2, 0.25) is 0 Å². The van der Waals surface area contributed by atoms with Crippen LogP contribution in [0.15, 0.2) is 57.1 Å². The summed E-state index contributed by atoms with van der Waals surface area (Å²) >= 11 is 6.89. The van der Waals surface area contributed by atoms with E-state index in [9.17, 15) is 14.7 Å². The number of benzene rings is 2. The van der Waals surface area contributed by atoms with Gasteiger partial charge in [0.15, 0.2) is 0 Å². The second-order valence-electron chi connectivity index (χ2n) is 5.70. The van der Waals surface area contributed by atoms with Crippen molar-refractivity contribution in [2.24, 2.45) is 0 Å². The molecule has 0 aromatic heterocycles. The van der Waals surface area contributed by atoms with E-state index in [-0.39, 0.29) is 5.70 Å². The molecule has 0 aliphatic carbocycles. The summed E-state index contributed by atoms with van der Waals surface area (Å²) in [6, 6.07) is 11.9. The van der Waals surface area contributed by atoms with Gasteiger partial charge in [0.25, 0.3) is 5.91 Å². The normalized spacial score (nSPS) is 11.1. The van der Waals surface area contributed by atoms with Gasteiger partial charge in [-0.15, -0.1) is 0 Å². The Hall–Kier alpha value is -2.12. The summed E-state index contributed by atoms with van der Waals surface area (Å²) in [6.07, 6.45) is 3.36. The quantitative estimate of drug-likeness (QED) is 0.386. The average molecular weight is 497 g/mol. The lowest BCUT2D eigenvalue weighted by Gasteiger charge is -2.11. The number of aliphatic carboxylic acids is 1. The highest BCUT2D eigenvalue weighted by Gasteiger charge is 2.15. The Morgan fingerprint density at radius 3 is 2.33 bits per heavy atom. The lowest BCUT2D eigenvalue weighted by molar-refractivity contribution is -0.132. The monoisotopic (exact) mass is 495 g/mol. The number of rotatable bonds is 8. The predicted molar refractivity (Wildman–Crippen MR) is 112 cm³/mol. The minimum atomic E-state index is -1.23. The van der Waals surface area contributed by atoms with E-state index in [1.165, 1.54) is 6.08 Å². The summed E-state index contributed by atoms with van der Waals surface area (Å²) in [4.78, 5) is 23.8. The molecule has 0 spiro atoms. The third-order valence-electron chi connectivity index (χ3n) is 3.59. The molecule has 142 valence electrons. The number of carbonyl (C=O) groups is 2. The Morgan fingerprint density at radius 1 is 1.15 bits per heavy atom. The van der Waals surface area contributed by atoms with Crippen molar-refractivity contribution in [2.45, 2.75) is 19.8 Å². The van der Waals surface area contributed by atoms with Crippen LogP contribution in [0.25, 0.3) is 6.08 Å². The summed E-state index contributed by atoms with van der Waals surface area (Å²) in [7, 11) is 0. The number of nitrogens with one attached hydrogen (secondary N) is 1. The Balaban J connectivity index is 2.24. The van der Waals surface area contributed by atoms with E-state index in [0.717, 1.165) is 12.8 Å². The molecule has 0 aliphatic heterocycles. The summed E-state index contributed by atoms with van der Waals surface area (Å²) in [5.74, 6) is -1.05. The molecule has 27 heavy (non-hydrogen) atoms. The van der Waals surface area contributed by atoms with Gasteiger partial charge in [-0.25, -0.2) is 4.79 Å². The van der Waals surface area contributed by atoms with Crippen molar-refractivity contribution in [3.63, 3.8) is 0 Å². The maximum absolute atomic E-state index is 12.2.